The van der Waals surface area contributed by atoms with Crippen LogP contribution in [-0.4, -0.2) is 20.1 Å². The molecule has 0 heterocycles. The van der Waals surface area contributed by atoms with Crippen molar-refractivity contribution in [3.8, 4) is 11.5 Å². The molecule has 3 N–H and O–H groups in total. The first-order valence-electron chi connectivity index (χ1n) is 3.86. The zero-order chi connectivity index (χ0) is 10.7. The van der Waals surface area contributed by atoms with E-state index in [1.54, 1.807) is 12.1 Å². The van der Waals surface area contributed by atoms with Crippen LogP contribution in [0.25, 0.3) is 0 Å². The summed E-state index contributed by atoms with van der Waals surface area (Å²) >= 11 is 5.87. The summed E-state index contributed by atoms with van der Waals surface area (Å²) < 4.78 is 10.0. The van der Waals surface area contributed by atoms with Crippen LogP contribution in [0, 0.1) is 5.41 Å². The van der Waals surface area contributed by atoms with E-state index in [4.69, 9.17) is 32.2 Å². The molecule has 0 aliphatic heterocycles. The van der Waals surface area contributed by atoms with Crippen LogP contribution in [0.5, 0.6) is 11.5 Å². The first-order chi connectivity index (χ1) is 6.60. The molecule has 0 saturated carbocycles. The van der Waals surface area contributed by atoms with Gasteiger partial charge in [0.1, 0.15) is 17.3 Å². The third-order valence-corrected chi connectivity index (χ3v) is 2.06. The van der Waals surface area contributed by atoms with E-state index in [-0.39, 0.29) is 5.84 Å². The van der Waals surface area contributed by atoms with Crippen LogP contribution in [0.2, 0.25) is 5.02 Å². The lowest BCUT2D eigenvalue weighted by molar-refractivity contribution is 0.402. The Morgan fingerprint density at radius 3 is 2.29 bits per heavy atom. The molecular weight excluding hydrogens is 204 g/mol. The van der Waals surface area contributed by atoms with Gasteiger partial charge >= 0.3 is 0 Å². The molecule has 14 heavy (non-hydrogen) atoms. The van der Waals surface area contributed by atoms with Gasteiger partial charge < -0.3 is 15.2 Å². The Bertz CT molecular complexity index is 366. The third-order valence-electron chi connectivity index (χ3n) is 1.76. The van der Waals surface area contributed by atoms with Crippen molar-refractivity contribution >= 4 is 17.4 Å². The molecule has 76 valence electrons. The molecule has 0 radical (unpaired) electrons. The standard InChI is InChI=1S/C9H11ClN2O2/c1-13-7-4-6(10)8(14-2)3-5(7)9(11)12/h3-4H,1-2H3,(H3,11,12). The Balaban J connectivity index is 3.32. The summed E-state index contributed by atoms with van der Waals surface area (Å²) in [7, 11) is 2.99. The van der Waals surface area contributed by atoms with Crippen LogP contribution >= 0.6 is 11.6 Å². The number of nitrogens with two attached hydrogens (primary N) is 1. The maximum atomic E-state index is 7.32. The Kier molecular flexibility index (Phi) is 3.19. The first kappa shape index (κ1) is 10.7. The van der Waals surface area contributed by atoms with Gasteiger partial charge in [-0.25, -0.2) is 0 Å². The number of benzene rings is 1. The van der Waals surface area contributed by atoms with Gasteiger partial charge in [0.05, 0.1) is 24.8 Å². The molecule has 1 aromatic carbocycles. The molecule has 0 amide bonds. The smallest absolute Gasteiger partial charge is 0.138 e. The summed E-state index contributed by atoms with van der Waals surface area (Å²) in [5.41, 5.74) is 5.83. The largest absolute Gasteiger partial charge is 0.496 e. The summed E-state index contributed by atoms with van der Waals surface area (Å²) in [6, 6.07) is 3.14. The molecule has 0 aromatic heterocycles. The van der Waals surface area contributed by atoms with Crippen LogP contribution in [0.1, 0.15) is 5.56 Å². The van der Waals surface area contributed by atoms with Crippen molar-refractivity contribution in [2.75, 3.05) is 14.2 Å². The molecule has 0 saturated heterocycles. The molecule has 0 fully saturated rings. The second kappa shape index (κ2) is 4.19. The monoisotopic (exact) mass is 214 g/mol. The molecule has 1 aromatic rings. The van der Waals surface area contributed by atoms with Crippen LogP contribution in [0.4, 0.5) is 0 Å². The van der Waals surface area contributed by atoms with Crippen LogP contribution < -0.4 is 15.2 Å². The average Bonchev–Trinajstić information content (AvgIpc) is 2.16. The van der Waals surface area contributed by atoms with Crippen molar-refractivity contribution in [3.63, 3.8) is 0 Å². The topological polar surface area (TPSA) is 68.3 Å². The van der Waals surface area contributed by atoms with Crippen molar-refractivity contribution in [2.24, 2.45) is 5.73 Å². The molecule has 0 bridgehead atoms. The molecular formula is C9H11ClN2O2. The zero-order valence-corrected chi connectivity index (χ0v) is 8.68. The highest BCUT2D eigenvalue weighted by atomic mass is 35.5. The minimum absolute atomic E-state index is 0.0863. The number of halogens is 1. The van der Waals surface area contributed by atoms with Crippen molar-refractivity contribution in [1.29, 1.82) is 5.41 Å². The molecule has 0 spiro atoms. The fraction of sp³-hybridized carbons (Fsp3) is 0.222. The fourth-order valence-electron chi connectivity index (χ4n) is 1.07. The lowest BCUT2D eigenvalue weighted by Crippen LogP contribution is -2.12. The van der Waals surface area contributed by atoms with Gasteiger partial charge in [-0.05, 0) is 6.07 Å². The van der Waals surface area contributed by atoms with Crippen LogP contribution in [-0.2, 0) is 0 Å². The van der Waals surface area contributed by atoms with Gasteiger partial charge in [0.15, 0.2) is 0 Å². The van der Waals surface area contributed by atoms with Crippen molar-refractivity contribution in [2.45, 2.75) is 0 Å². The Labute approximate surface area is 87.1 Å². The summed E-state index contributed by atoms with van der Waals surface area (Å²) in [5.74, 6) is 0.845. The third kappa shape index (κ3) is 1.90. The molecule has 0 aliphatic carbocycles. The summed E-state index contributed by atoms with van der Waals surface area (Å²) in [6.45, 7) is 0. The zero-order valence-electron chi connectivity index (χ0n) is 7.93. The van der Waals surface area contributed by atoms with Crippen LogP contribution in [0.3, 0.4) is 0 Å². The number of hydrogen-bond acceptors (Lipinski definition) is 3. The van der Waals surface area contributed by atoms with E-state index in [1.807, 2.05) is 0 Å². The molecule has 1 rings (SSSR count). The van der Waals surface area contributed by atoms with Gasteiger partial charge in [-0.3, -0.25) is 5.41 Å². The quantitative estimate of drug-likeness (QED) is 0.594. The van der Waals surface area contributed by atoms with Gasteiger partial charge in [0.25, 0.3) is 0 Å². The van der Waals surface area contributed by atoms with E-state index in [9.17, 15) is 0 Å². The number of methoxy groups -OCH3 is 2. The SMILES string of the molecule is COc1cc(C(=N)N)c(OC)cc1Cl. The first-order valence-corrected chi connectivity index (χ1v) is 4.24. The Hall–Kier alpha value is -1.42. The van der Waals surface area contributed by atoms with Gasteiger partial charge in [-0.1, -0.05) is 11.6 Å². The second-order valence-electron chi connectivity index (χ2n) is 2.60. The van der Waals surface area contributed by atoms with Crippen molar-refractivity contribution in [3.05, 3.63) is 22.7 Å². The van der Waals surface area contributed by atoms with E-state index in [0.717, 1.165) is 0 Å². The van der Waals surface area contributed by atoms with E-state index >= 15 is 0 Å². The highest BCUT2D eigenvalue weighted by Gasteiger charge is 2.11. The predicted molar refractivity (Wildman–Crippen MR) is 55.6 cm³/mol. The molecule has 4 nitrogen and oxygen atoms in total. The summed E-state index contributed by atoms with van der Waals surface area (Å²) in [6.07, 6.45) is 0. The molecule has 0 unspecified atom stereocenters. The number of ether oxygens (including phenoxy) is 2. The van der Waals surface area contributed by atoms with E-state index in [0.29, 0.717) is 22.1 Å². The van der Waals surface area contributed by atoms with Gasteiger partial charge in [0, 0.05) is 6.07 Å². The Morgan fingerprint density at radius 2 is 1.86 bits per heavy atom. The second-order valence-corrected chi connectivity index (χ2v) is 3.01. The minimum atomic E-state index is -0.0863. The van der Waals surface area contributed by atoms with Gasteiger partial charge in [-0.2, -0.15) is 0 Å². The van der Waals surface area contributed by atoms with Gasteiger partial charge in [-0.15, -0.1) is 0 Å². The molecule has 0 aliphatic rings. The van der Waals surface area contributed by atoms with Crippen molar-refractivity contribution in [1.82, 2.24) is 0 Å². The Morgan fingerprint density at radius 1 is 1.29 bits per heavy atom. The highest BCUT2D eigenvalue weighted by molar-refractivity contribution is 6.32. The highest BCUT2D eigenvalue weighted by Crippen LogP contribution is 2.31. The van der Waals surface area contributed by atoms with Crippen molar-refractivity contribution < 1.29 is 9.47 Å². The number of hydrogen-bond donors (Lipinski definition) is 2. The number of nitrogens with one attached hydrogen (secondary N) is 1. The van der Waals surface area contributed by atoms with Crippen LogP contribution in [0.15, 0.2) is 12.1 Å². The summed E-state index contributed by atoms with van der Waals surface area (Å²) in [5, 5.41) is 7.75. The predicted octanol–water partition coefficient (Wildman–Crippen LogP) is 1.64. The fourth-order valence-corrected chi connectivity index (χ4v) is 1.30. The van der Waals surface area contributed by atoms with E-state index in [1.165, 1.54) is 14.2 Å². The average molecular weight is 215 g/mol. The minimum Gasteiger partial charge on any atom is -0.496 e. The van der Waals surface area contributed by atoms with Gasteiger partial charge in [0.2, 0.25) is 0 Å². The number of amidine groups is 1. The summed E-state index contributed by atoms with van der Waals surface area (Å²) in [4.78, 5) is 0. The molecule has 5 heteroatoms. The number of rotatable bonds is 3. The maximum Gasteiger partial charge on any atom is 0.138 e. The lowest BCUT2D eigenvalue weighted by Gasteiger charge is -2.10. The number of nitrogen functional groups attached to an aromatic ring is 1. The normalized spacial score (nSPS) is 9.64. The van der Waals surface area contributed by atoms with E-state index < -0.39 is 0 Å². The van der Waals surface area contributed by atoms with E-state index in [2.05, 4.69) is 0 Å². The maximum absolute atomic E-state index is 7.32. The molecule has 0 atom stereocenters. The lowest BCUT2D eigenvalue weighted by atomic mass is 10.1.